The molecule has 2 heterocycles. The van der Waals surface area contributed by atoms with E-state index in [1.807, 2.05) is 42.3 Å². The van der Waals surface area contributed by atoms with Crippen LogP contribution in [0.3, 0.4) is 0 Å². The average Bonchev–Trinajstić information content (AvgIpc) is 3.11. The molecule has 6 nitrogen and oxygen atoms in total. The average molecular weight is 372 g/mol. The summed E-state index contributed by atoms with van der Waals surface area (Å²) in [4.78, 5) is 32.5. The molecule has 3 rings (SSSR count). The second kappa shape index (κ2) is 8.49. The third-order valence-corrected chi connectivity index (χ3v) is 5.47. The summed E-state index contributed by atoms with van der Waals surface area (Å²) in [5.41, 5.74) is 0.735. The summed E-state index contributed by atoms with van der Waals surface area (Å²) in [5.74, 6) is 1.51. The molecular weight excluding hydrogens is 348 g/mol. The van der Waals surface area contributed by atoms with Gasteiger partial charge >= 0.3 is 0 Å². The Morgan fingerprint density at radius 3 is 2.73 bits per heavy atom. The minimum Gasteiger partial charge on any atom is -0.342 e. The molecule has 7 heteroatoms. The second-order valence-electron chi connectivity index (χ2n) is 6.61. The number of carbonyl (C=O) groups is 2. The first-order chi connectivity index (χ1) is 12.6. The Bertz CT molecular complexity index is 772. The molecule has 0 bridgehead atoms. The third-order valence-electron chi connectivity index (χ3n) is 4.73. The summed E-state index contributed by atoms with van der Waals surface area (Å²) in [6.07, 6.45) is 4.62. The highest BCUT2D eigenvalue weighted by Gasteiger charge is 2.28. The lowest BCUT2D eigenvalue weighted by molar-refractivity contribution is -0.132. The number of Topliss-reactive ketones (excluding diaryl/α,β-unsaturated/α-hetero) is 1. The monoisotopic (exact) mass is 372 g/mol. The molecule has 1 fully saturated rings. The van der Waals surface area contributed by atoms with E-state index in [1.54, 1.807) is 11.8 Å². The smallest absolute Gasteiger partial charge is 0.223 e. The number of nitrogens with one attached hydrogen (secondary N) is 1. The number of amides is 1. The molecule has 1 amide bonds. The van der Waals surface area contributed by atoms with Gasteiger partial charge < -0.3 is 4.90 Å². The van der Waals surface area contributed by atoms with Crippen LogP contribution in [0.15, 0.2) is 29.2 Å². The van der Waals surface area contributed by atoms with Crippen LogP contribution in [0.1, 0.15) is 41.3 Å². The number of aromatic amines is 1. The molecule has 1 aromatic heterocycles. The number of aryl methyl sites for hydroxylation is 2. The molecule has 1 aliphatic heterocycles. The summed E-state index contributed by atoms with van der Waals surface area (Å²) < 4.78 is 0. The van der Waals surface area contributed by atoms with Crippen LogP contribution in [-0.4, -0.2) is 51.1 Å². The van der Waals surface area contributed by atoms with E-state index >= 15 is 0 Å². The fourth-order valence-corrected chi connectivity index (χ4v) is 3.69. The fourth-order valence-electron chi connectivity index (χ4n) is 3.29. The number of thioether (sulfide) groups is 1. The lowest BCUT2D eigenvalue weighted by Crippen LogP contribution is -2.42. The second-order valence-corrected chi connectivity index (χ2v) is 7.49. The van der Waals surface area contributed by atoms with E-state index in [4.69, 9.17) is 0 Å². The highest BCUT2D eigenvalue weighted by Crippen LogP contribution is 2.23. The number of H-pyrrole nitrogens is 1. The minimum absolute atomic E-state index is 0.0719. The van der Waals surface area contributed by atoms with Gasteiger partial charge in [0.25, 0.3) is 0 Å². The van der Waals surface area contributed by atoms with Gasteiger partial charge in [0, 0.05) is 42.3 Å². The predicted molar refractivity (Wildman–Crippen MR) is 101 cm³/mol. The van der Waals surface area contributed by atoms with Crippen molar-refractivity contribution < 1.29 is 9.59 Å². The zero-order chi connectivity index (χ0) is 18.5. The van der Waals surface area contributed by atoms with Crippen LogP contribution >= 0.6 is 11.8 Å². The molecule has 2 aromatic rings. The van der Waals surface area contributed by atoms with E-state index in [0.29, 0.717) is 25.2 Å². The van der Waals surface area contributed by atoms with E-state index in [9.17, 15) is 9.59 Å². The summed E-state index contributed by atoms with van der Waals surface area (Å²) in [5, 5.41) is 6.86. The van der Waals surface area contributed by atoms with Crippen LogP contribution in [0.25, 0.3) is 0 Å². The highest BCUT2D eigenvalue weighted by atomic mass is 32.2. The Morgan fingerprint density at radius 1 is 1.31 bits per heavy atom. The number of rotatable bonds is 6. The van der Waals surface area contributed by atoms with E-state index in [1.165, 1.54) is 0 Å². The Morgan fingerprint density at radius 2 is 2.08 bits per heavy atom. The van der Waals surface area contributed by atoms with Gasteiger partial charge in [-0.1, -0.05) is 12.1 Å². The number of hydrogen-bond donors (Lipinski definition) is 1. The first kappa shape index (κ1) is 18.6. The van der Waals surface area contributed by atoms with E-state index in [2.05, 4.69) is 15.2 Å². The normalized spacial score (nSPS) is 17.3. The van der Waals surface area contributed by atoms with Gasteiger partial charge in [0.05, 0.1) is 0 Å². The van der Waals surface area contributed by atoms with Gasteiger partial charge in [0.15, 0.2) is 11.6 Å². The van der Waals surface area contributed by atoms with Crippen molar-refractivity contribution in [3.8, 4) is 0 Å². The number of benzene rings is 1. The molecule has 1 N–H and O–H groups in total. The van der Waals surface area contributed by atoms with Crippen molar-refractivity contribution in [2.45, 2.75) is 37.5 Å². The molecule has 138 valence electrons. The number of nitrogens with zero attached hydrogens (tertiary/aromatic N) is 3. The quantitative estimate of drug-likeness (QED) is 0.623. The topological polar surface area (TPSA) is 79.0 Å². The van der Waals surface area contributed by atoms with Gasteiger partial charge in [0.2, 0.25) is 5.91 Å². The van der Waals surface area contributed by atoms with Crippen LogP contribution < -0.4 is 0 Å². The minimum atomic E-state index is -0.112. The lowest BCUT2D eigenvalue weighted by atomic mass is 9.90. The molecule has 1 aromatic carbocycles. The Labute approximate surface area is 157 Å². The molecule has 0 unspecified atom stereocenters. The van der Waals surface area contributed by atoms with Gasteiger partial charge in [-0.2, -0.15) is 5.10 Å². The molecule has 1 atom stereocenters. The Balaban J connectivity index is 1.57. The first-order valence-electron chi connectivity index (χ1n) is 8.90. The summed E-state index contributed by atoms with van der Waals surface area (Å²) >= 11 is 1.66. The summed E-state index contributed by atoms with van der Waals surface area (Å²) in [6, 6.07) is 7.73. The maximum Gasteiger partial charge on any atom is 0.223 e. The maximum absolute atomic E-state index is 12.8. The van der Waals surface area contributed by atoms with Crippen LogP contribution in [0.5, 0.6) is 0 Å². The maximum atomic E-state index is 12.8. The molecule has 1 aliphatic rings. The van der Waals surface area contributed by atoms with Crippen molar-refractivity contribution in [1.82, 2.24) is 20.1 Å². The van der Waals surface area contributed by atoms with Crippen molar-refractivity contribution in [3.05, 3.63) is 41.5 Å². The van der Waals surface area contributed by atoms with E-state index in [0.717, 1.165) is 35.7 Å². The summed E-state index contributed by atoms with van der Waals surface area (Å²) in [7, 11) is 0. The predicted octanol–water partition coefficient (Wildman–Crippen LogP) is 2.89. The van der Waals surface area contributed by atoms with Crippen LogP contribution in [0.4, 0.5) is 0 Å². The summed E-state index contributed by atoms with van der Waals surface area (Å²) in [6.45, 7) is 3.07. The van der Waals surface area contributed by atoms with Crippen molar-refractivity contribution >= 4 is 23.5 Å². The van der Waals surface area contributed by atoms with Crippen molar-refractivity contribution in [1.29, 1.82) is 0 Å². The van der Waals surface area contributed by atoms with Gasteiger partial charge in [-0.15, -0.1) is 11.8 Å². The zero-order valence-corrected chi connectivity index (χ0v) is 16.0. The van der Waals surface area contributed by atoms with Crippen molar-refractivity contribution in [2.75, 3.05) is 19.3 Å². The van der Waals surface area contributed by atoms with Gasteiger partial charge in [-0.05, 0) is 38.2 Å². The number of carbonyl (C=O) groups excluding carboxylic acids is 2. The SMILES string of the molecule is CSc1ccc(C(=O)[C@@H]2CCCN(C(=O)CCc3n[nH]c(C)n3)C2)cc1. The number of piperidine rings is 1. The molecular formula is C19H24N4O2S. The number of ketones is 1. The lowest BCUT2D eigenvalue weighted by Gasteiger charge is -2.32. The Kier molecular flexibility index (Phi) is 6.08. The van der Waals surface area contributed by atoms with Gasteiger partial charge in [-0.25, -0.2) is 4.98 Å². The molecule has 26 heavy (non-hydrogen) atoms. The fraction of sp³-hybridized carbons (Fsp3) is 0.474. The van der Waals surface area contributed by atoms with E-state index < -0.39 is 0 Å². The molecule has 0 saturated carbocycles. The van der Waals surface area contributed by atoms with Crippen LogP contribution in [0.2, 0.25) is 0 Å². The van der Waals surface area contributed by atoms with E-state index in [-0.39, 0.29) is 17.6 Å². The number of aromatic nitrogens is 3. The Hall–Kier alpha value is -2.15. The zero-order valence-electron chi connectivity index (χ0n) is 15.2. The highest BCUT2D eigenvalue weighted by molar-refractivity contribution is 7.98. The standard InChI is InChI=1S/C19H24N4O2S/c1-13-20-17(22-21-13)9-10-18(24)23-11-3-4-15(12-23)19(25)14-5-7-16(26-2)8-6-14/h5-8,15H,3-4,9-12H2,1-2H3,(H,20,21,22)/t15-/m1/s1. The van der Waals surface area contributed by atoms with Crippen LogP contribution in [-0.2, 0) is 11.2 Å². The first-order valence-corrected chi connectivity index (χ1v) is 10.1. The number of hydrogen-bond acceptors (Lipinski definition) is 5. The van der Waals surface area contributed by atoms with Crippen LogP contribution in [0, 0.1) is 12.8 Å². The van der Waals surface area contributed by atoms with Gasteiger partial charge in [-0.3, -0.25) is 14.7 Å². The largest absolute Gasteiger partial charge is 0.342 e. The molecule has 0 spiro atoms. The molecule has 1 saturated heterocycles. The van der Waals surface area contributed by atoms with Crippen molar-refractivity contribution in [2.24, 2.45) is 5.92 Å². The van der Waals surface area contributed by atoms with Gasteiger partial charge in [0.1, 0.15) is 5.82 Å². The molecule has 0 radical (unpaired) electrons. The number of likely N-dealkylation sites (tertiary alicyclic amines) is 1. The van der Waals surface area contributed by atoms with Crippen molar-refractivity contribution in [3.63, 3.8) is 0 Å². The third kappa shape index (κ3) is 4.52. The molecule has 0 aliphatic carbocycles.